The molecule has 0 spiro atoms. The lowest BCUT2D eigenvalue weighted by molar-refractivity contribution is -0.117. The van der Waals surface area contributed by atoms with Crippen LogP contribution in [0.3, 0.4) is 0 Å². The average Bonchev–Trinajstić information content (AvgIpc) is 3.03. The number of halogens is 1. The van der Waals surface area contributed by atoms with Gasteiger partial charge in [-0.3, -0.25) is 9.69 Å². The zero-order chi connectivity index (χ0) is 17.8. The van der Waals surface area contributed by atoms with Crippen LogP contribution in [-0.4, -0.2) is 31.0 Å². The standard InChI is InChI=1S/C20H23ClN2O2/c1-14-8-9-19(25-2)17(11-14)22-20(24)13-23-10-4-7-18(23)15-5-3-6-16(21)12-15/h3,5-6,8-9,11-12,18H,4,7,10,13H2,1-2H3,(H,22,24). The molecule has 0 aromatic heterocycles. The van der Waals surface area contributed by atoms with E-state index in [1.807, 2.05) is 43.3 Å². The summed E-state index contributed by atoms with van der Waals surface area (Å²) in [7, 11) is 1.61. The number of anilines is 1. The summed E-state index contributed by atoms with van der Waals surface area (Å²) < 4.78 is 5.33. The first-order valence-corrected chi connectivity index (χ1v) is 8.88. The van der Waals surface area contributed by atoms with Gasteiger partial charge in [0.25, 0.3) is 0 Å². The molecule has 2 aromatic rings. The molecular formula is C20H23ClN2O2. The van der Waals surface area contributed by atoms with Gasteiger partial charge in [0.15, 0.2) is 0 Å². The van der Waals surface area contributed by atoms with Gasteiger partial charge < -0.3 is 10.1 Å². The first-order valence-electron chi connectivity index (χ1n) is 8.51. The molecule has 2 aromatic carbocycles. The molecule has 1 aliphatic heterocycles. The summed E-state index contributed by atoms with van der Waals surface area (Å²) in [6.07, 6.45) is 2.12. The Morgan fingerprint density at radius 3 is 2.92 bits per heavy atom. The van der Waals surface area contributed by atoms with Gasteiger partial charge in [-0.1, -0.05) is 29.8 Å². The molecule has 1 heterocycles. The molecule has 1 amide bonds. The first kappa shape index (κ1) is 17.8. The third-order valence-corrected chi connectivity index (χ3v) is 4.81. The number of ether oxygens (including phenoxy) is 1. The fourth-order valence-electron chi connectivity index (χ4n) is 3.40. The Labute approximate surface area is 153 Å². The molecule has 0 radical (unpaired) electrons. The van der Waals surface area contributed by atoms with Gasteiger partial charge in [0.1, 0.15) is 5.75 Å². The van der Waals surface area contributed by atoms with Crippen LogP contribution in [0.1, 0.15) is 30.0 Å². The van der Waals surface area contributed by atoms with Crippen molar-refractivity contribution in [1.82, 2.24) is 4.90 Å². The van der Waals surface area contributed by atoms with Gasteiger partial charge in [0.2, 0.25) is 5.91 Å². The van der Waals surface area contributed by atoms with Crippen LogP contribution in [0.25, 0.3) is 0 Å². The minimum Gasteiger partial charge on any atom is -0.495 e. The minimum absolute atomic E-state index is 0.0298. The van der Waals surface area contributed by atoms with Crippen molar-refractivity contribution in [2.45, 2.75) is 25.8 Å². The lowest BCUT2D eigenvalue weighted by atomic mass is 10.0. The van der Waals surface area contributed by atoms with Gasteiger partial charge in [-0.2, -0.15) is 0 Å². The lowest BCUT2D eigenvalue weighted by Gasteiger charge is -2.24. The number of rotatable bonds is 5. The maximum absolute atomic E-state index is 12.6. The van der Waals surface area contributed by atoms with Gasteiger partial charge in [-0.05, 0) is 61.7 Å². The number of nitrogens with zero attached hydrogens (tertiary/aromatic N) is 1. The van der Waals surface area contributed by atoms with Gasteiger partial charge in [0.05, 0.1) is 19.3 Å². The highest BCUT2D eigenvalue weighted by Crippen LogP contribution is 2.33. The largest absolute Gasteiger partial charge is 0.495 e. The highest BCUT2D eigenvalue weighted by molar-refractivity contribution is 6.30. The second-order valence-electron chi connectivity index (χ2n) is 6.44. The van der Waals surface area contributed by atoms with Gasteiger partial charge in [0, 0.05) is 11.1 Å². The first-order chi connectivity index (χ1) is 12.1. The van der Waals surface area contributed by atoms with Crippen molar-refractivity contribution < 1.29 is 9.53 Å². The van der Waals surface area contributed by atoms with Gasteiger partial charge in [-0.25, -0.2) is 0 Å². The van der Waals surface area contributed by atoms with E-state index in [1.54, 1.807) is 7.11 Å². The Balaban J connectivity index is 1.69. The second-order valence-corrected chi connectivity index (χ2v) is 6.87. The van der Waals surface area contributed by atoms with Crippen LogP contribution in [0.5, 0.6) is 5.75 Å². The highest BCUT2D eigenvalue weighted by Gasteiger charge is 2.27. The summed E-state index contributed by atoms with van der Waals surface area (Å²) >= 11 is 6.12. The number of hydrogen-bond donors (Lipinski definition) is 1. The van der Waals surface area contributed by atoms with E-state index in [-0.39, 0.29) is 11.9 Å². The molecule has 1 atom stereocenters. The minimum atomic E-state index is -0.0298. The van der Waals surface area contributed by atoms with Crippen LogP contribution < -0.4 is 10.1 Å². The number of likely N-dealkylation sites (tertiary alicyclic amines) is 1. The lowest BCUT2D eigenvalue weighted by Crippen LogP contribution is -2.33. The fraction of sp³-hybridized carbons (Fsp3) is 0.350. The number of aryl methyl sites for hydroxylation is 1. The van der Waals surface area contributed by atoms with E-state index in [2.05, 4.69) is 16.3 Å². The molecule has 0 saturated carbocycles. The molecule has 1 N–H and O–H groups in total. The molecule has 1 fully saturated rings. The molecule has 132 valence electrons. The molecular weight excluding hydrogens is 336 g/mol. The summed E-state index contributed by atoms with van der Waals surface area (Å²) in [5.41, 5.74) is 2.96. The van der Waals surface area contributed by atoms with E-state index < -0.39 is 0 Å². The summed E-state index contributed by atoms with van der Waals surface area (Å²) in [6.45, 7) is 3.26. The van der Waals surface area contributed by atoms with Crippen molar-refractivity contribution in [2.24, 2.45) is 0 Å². The Bertz CT molecular complexity index is 763. The Hall–Kier alpha value is -2.04. The Morgan fingerprint density at radius 1 is 1.32 bits per heavy atom. The predicted octanol–water partition coefficient (Wildman–Crippen LogP) is 4.43. The Morgan fingerprint density at radius 2 is 2.16 bits per heavy atom. The summed E-state index contributed by atoms with van der Waals surface area (Å²) in [5.74, 6) is 0.643. The molecule has 0 bridgehead atoms. The van der Waals surface area contributed by atoms with Gasteiger partial charge in [-0.15, -0.1) is 0 Å². The molecule has 4 nitrogen and oxygen atoms in total. The number of benzene rings is 2. The number of amides is 1. The van der Waals surface area contributed by atoms with Crippen LogP contribution in [-0.2, 0) is 4.79 Å². The number of hydrogen-bond acceptors (Lipinski definition) is 3. The molecule has 1 saturated heterocycles. The van der Waals surface area contributed by atoms with Crippen LogP contribution in [0.2, 0.25) is 5.02 Å². The Kier molecular flexibility index (Phi) is 5.61. The number of nitrogens with one attached hydrogen (secondary N) is 1. The van der Waals surface area contributed by atoms with Crippen molar-refractivity contribution in [1.29, 1.82) is 0 Å². The number of carbonyl (C=O) groups is 1. The van der Waals surface area contributed by atoms with E-state index in [4.69, 9.17) is 16.3 Å². The molecule has 0 aliphatic carbocycles. The molecule has 25 heavy (non-hydrogen) atoms. The van der Waals surface area contributed by atoms with Crippen molar-refractivity contribution in [3.63, 3.8) is 0 Å². The maximum atomic E-state index is 12.6. The molecule has 1 unspecified atom stereocenters. The third-order valence-electron chi connectivity index (χ3n) is 4.57. The van der Waals surface area contributed by atoms with E-state index in [0.717, 1.165) is 30.0 Å². The van der Waals surface area contributed by atoms with Crippen LogP contribution in [0.4, 0.5) is 5.69 Å². The highest BCUT2D eigenvalue weighted by atomic mass is 35.5. The zero-order valence-corrected chi connectivity index (χ0v) is 15.3. The second kappa shape index (κ2) is 7.89. The van der Waals surface area contributed by atoms with Crippen molar-refractivity contribution in [2.75, 3.05) is 25.5 Å². The van der Waals surface area contributed by atoms with E-state index in [9.17, 15) is 4.79 Å². The molecule has 5 heteroatoms. The SMILES string of the molecule is COc1ccc(C)cc1NC(=O)CN1CCCC1c1cccc(Cl)c1. The number of carbonyl (C=O) groups excluding carboxylic acids is 1. The van der Waals surface area contributed by atoms with Crippen molar-refractivity contribution in [3.05, 3.63) is 58.6 Å². The number of methoxy groups -OCH3 is 1. The quantitative estimate of drug-likeness (QED) is 0.859. The average molecular weight is 359 g/mol. The van der Waals surface area contributed by atoms with Crippen LogP contribution in [0.15, 0.2) is 42.5 Å². The summed E-state index contributed by atoms with van der Waals surface area (Å²) in [4.78, 5) is 14.8. The van der Waals surface area contributed by atoms with Gasteiger partial charge >= 0.3 is 0 Å². The zero-order valence-electron chi connectivity index (χ0n) is 14.6. The van der Waals surface area contributed by atoms with Crippen LogP contribution in [0, 0.1) is 6.92 Å². The maximum Gasteiger partial charge on any atom is 0.238 e. The van der Waals surface area contributed by atoms with Crippen LogP contribution >= 0.6 is 11.6 Å². The summed E-state index contributed by atoms with van der Waals surface area (Å²) in [5, 5.41) is 3.72. The monoisotopic (exact) mass is 358 g/mol. The molecule has 1 aliphatic rings. The summed E-state index contributed by atoms with van der Waals surface area (Å²) in [6, 6.07) is 13.9. The topological polar surface area (TPSA) is 41.6 Å². The fourth-order valence-corrected chi connectivity index (χ4v) is 3.60. The third kappa shape index (κ3) is 4.33. The normalized spacial score (nSPS) is 17.5. The predicted molar refractivity (Wildman–Crippen MR) is 101 cm³/mol. The van der Waals surface area contributed by atoms with E-state index >= 15 is 0 Å². The smallest absolute Gasteiger partial charge is 0.238 e. The van der Waals surface area contributed by atoms with E-state index in [1.165, 1.54) is 5.56 Å². The van der Waals surface area contributed by atoms with Crippen molar-refractivity contribution >= 4 is 23.2 Å². The van der Waals surface area contributed by atoms with Crippen molar-refractivity contribution in [3.8, 4) is 5.75 Å². The molecule has 3 rings (SSSR count). The van der Waals surface area contributed by atoms with E-state index in [0.29, 0.717) is 18.0 Å².